The van der Waals surface area contributed by atoms with E-state index < -0.39 is 0 Å². The first-order chi connectivity index (χ1) is 7.79. The summed E-state index contributed by atoms with van der Waals surface area (Å²) in [6.07, 6.45) is 8.42. The van der Waals surface area contributed by atoms with Gasteiger partial charge in [-0.25, -0.2) is 0 Å². The molecule has 0 aromatic carbocycles. The molecule has 2 atom stereocenters. The molecule has 0 bridgehead atoms. The molecule has 1 heterocycles. The largest absolute Gasteiger partial charge is 0.314 e. The fraction of sp³-hybridized carbons (Fsp3) is 1.00. The smallest absolute Gasteiger partial charge is 0.00965 e. The van der Waals surface area contributed by atoms with Crippen molar-refractivity contribution in [1.29, 1.82) is 0 Å². The Kier molecular flexibility index (Phi) is 4.66. The van der Waals surface area contributed by atoms with Crippen molar-refractivity contribution in [2.45, 2.75) is 64.5 Å². The van der Waals surface area contributed by atoms with Gasteiger partial charge in [0.2, 0.25) is 0 Å². The van der Waals surface area contributed by atoms with Crippen LogP contribution in [0.2, 0.25) is 0 Å². The average Bonchev–Trinajstić information content (AvgIpc) is 3.08. The molecular weight excluding hydrogens is 196 g/mol. The van der Waals surface area contributed by atoms with Gasteiger partial charge in [0.25, 0.3) is 0 Å². The lowest BCUT2D eigenvalue weighted by atomic mass is 9.92. The van der Waals surface area contributed by atoms with Gasteiger partial charge in [-0.1, -0.05) is 13.3 Å². The van der Waals surface area contributed by atoms with Crippen LogP contribution in [-0.4, -0.2) is 36.6 Å². The Morgan fingerprint density at radius 3 is 2.69 bits per heavy atom. The van der Waals surface area contributed by atoms with Gasteiger partial charge in [0, 0.05) is 18.6 Å². The number of nitrogens with one attached hydrogen (secondary N) is 1. The summed E-state index contributed by atoms with van der Waals surface area (Å²) in [6, 6.07) is 1.70. The summed E-state index contributed by atoms with van der Waals surface area (Å²) in [7, 11) is 0. The minimum atomic E-state index is 0.742. The van der Waals surface area contributed by atoms with Gasteiger partial charge in [0.15, 0.2) is 0 Å². The number of piperidine rings is 1. The van der Waals surface area contributed by atoms with E-state index in [0.29, 0.717) is 0 Å². The zero-order valence-corrected chi connectivity index (χ0v) is 11.0. The Morgan fingerprint density at radius 2 is 2.06 bits per heavy atom. The molecule has 16 heavy (non-hydrogen) atoms. The van der Waals surface area contributed by atoms with Crippen molar-refractivity contribution in [3.8, 4) is 0 Å². The molecule has 1 saturated heterocycles. The molecule has 0 aromatic heterocycles. The molecule has 2 rings (SSSR count). The van der Waals surface area contributed by atoms with Crippen LogP contribution in [0.3, 0.4) is 0 Å². The third-order valence-corrected chi connectivity index (χ3v) is 4.09. The summed E-state index contributed by atoms with van der Waals surface area (Å²) in [4.78, 5) is 2.78. The lowest BCUT2D eigenvalue weighted by Crippen LogP contribution is -2.41. The highest BCUT2D eigenvalue weighted by Gasteiger charge is 2.30. The normalized spacial score (nSPS) is 30.9. The lowest BCUT2D eigenvalue weighted by Gasteiger charge is -2.33. The summed E-state index contributed by atoms with van der Waals surface area (Å²) in [5.41, 5.74) is 0. The van der Waals surface area contributed by atoms with E-state index in [0.717, 1.165) is 18.0 Å². The summed E-state index contributed by atoms with van der Waals surface area (Å²) >= 11 is 0. The fourth-order valence-corrected chi connectivity index (χ4v) is 2.96. The number of hydrogen-bond donors (Lipinski definition) is 1. The van der Waals surface area contributed by atoms with Crippen molar-refractivity contribution in [1.82, 2.24) is 10.2 Å². The van der Waals surface area contributed by atoms with Crippen LogP contribution in [0, 0.1) is 5.92 Å². The van der Waals surface area contributed by atoms with Crippen LogP contribution in [0.4, 0.5) is 0 Å². The van der Waals surface area contributed by atoms with E-state index in [-0.39, 0.29) is 0 Å². The zero-order chi connectivity index (χ0) is 11.4. The second-order valence-corrected chi connectivity index (χ2v) is 5.83. The van der Waals surface area contributed by atoms with E-state index in [9.17, 15) is 0 Å². The second kappa shape index (κ2) is 6.02. The van der Waals surface area contributed by atoms with E-state index >= 15 is 0 Å². The molecule has 2 heteroatoms. The maximum absolute atomic E-state index is 3.55. The highest BCUT2D eigenvalue weighted by atomic mass is 15.2. The first kappa shape index (κ1) is 12.4. The summed E-state index contributed by atoms with van der Waals surface area (Å²) in [5.74, 6) is 0.953. The summed E-state index contributed by atoms with van der Waals surface area (Å²) in [6.45, 7) is 8.59. The zero-order valence-electron chi connectivity index (χ0n) is 11.0. The maximum Gasteiger partial charge on any atom is 0.00965 e. The van der Waals surface area contributed by atoms with E-state index in [1.807, 2.05) is 0 Å². The monoisotopic (exact) mass is 224 g/mol. The molecule has 1 N–H and O–H groups in total. The molecule has 1 saturated carbocycles. The molecule has 1 aliphatic heterocycles. The number of rotatable bonds is 6. The van der Waals surface area contributed by atoms with Gasteiger partial charge in [-0.05, 0) is 58.0 Å². The standard InChI is InChI=1S/C14H28N2/c1-3-4-9-16(14-5-6-14)11-13-7-8-15-12(2)10-13/h12-15H,3-11H2,1-2H3. The average molecular weight is 224 g/mol. The van der Waals surface area contributed by atoms with E-state index in [1.54, 1.807) is 0 Å². The Hall–Kier alpha value is -0.0800. The van der Waals surface area contributed by atoms with Gasteiger partial charge in [-0.2, -0.15) is 0 Å². The first-order valence-corrected chi connectivity index (χ1v) is 7.27. The second-order valence-electron chi connectivity index (χ2n) is 5.83. The number of unbranched alkanes of at least 4 members (excludes halogenated alkanes) is 1. The minimum absolute atomic E-state index is 0.742. The SMILES string of the molecule is CCCCN(CC1CCNC(C)C1)C1CC1. The first-order valence-electron chi connectivity index (χ1n) is 7.27. The van der Waals surface area contributed by atoms with Gasteiger partial charge < -0.3 is 10.2 Å². The van der Waals surface area contributed by atoms with Crippen LogP contribution in [0.1, 0.15) is 52.4 Å². The Bertz CT molecular complexity index is 201. The van der Waals surface area contributed by atoms with Gasteiger partial charge in [-0.15, -0.1) is 0 Å². The van der Waals surface area contributed by atoms with E-state index in [1.165, 1.54) is 58.2 Å². The molecule has 2 nitrogen and oxygen atoms in total. The van der Waals surface area contributed by atoms with Crippen LogP contribution in [0.15, 0.2) is 0 Å². The fourth-order valence-electron chi connectivity index (χ4n) is 2.96. The Labute approximate surface area is 101 Å². The van der Waals surface area contributed by atoms with Crippen LogP contribution >= 0.6 is 0 Å². The van der Waals surface area contributed by atoms with E-state index in [4.69, 9.17) is 0 Å². The van der Waals surface area contributed by atoms with Crippen molar-refractivity contribution in [2.75, 3.05) is 19.6 Å². The molecule has 1 aliphatic carbocycles. The molecule has 2 aliphatic rings. The molecule has 0 aromatic rings. The highest BCUT2D eigenvalue weighted by molar-refractivity contribution is 4.87. The quantitative estimate of drug-likeness (QED) is 0.746. The van der Waals surface area contributed by atoms with Crippen molar-refractivity contribution in [3.05, 3.63) is 0 Å². The summed E-state index contributed by atoms with van der Waals surface area (Å²) in [5, 5.41) is 3.55. The predicted octanol–water partition coefficient (Wildman–Crippen LogP) is 2.64. The highest BCUT2D eigenvalue weighted by Crippen LogP contribution is 2.29. The molecule has 0 radical (unpaired) electrons. The lowest BCUT2D eigenvalue weighted by molar-refractivity contribution is 0.182. The van der Waals surface area contributed by atoms with E-state index in [2.05, 4.69) is 24.1 Å². The minimum Gasteiger partial charge on any atom is -0.314 e. The topological polar surface area (TPSA) is 15.3 Å². The molecule has 2 fully saturated rings. The molecule has 94 valence electrons. The predicted molar refractivity (Wildman–Crippen MR) is 69.7 cm³/mol. The molecular formula is C14H28N2. The van der Waals surface area contributed by atoms with Crippen LogP contribution in [0.25, 0.3) is 0 Å². The van der Waals surface area contributed by atoms with Gasteiger partial charge >= 0.3 is 0 Å². The van der Waals surface area contributed by atoms with Crippen molar-refractivity contribution < 1.29 is 0 Å². The molecule has 0 spiro atoms. The van der Waals surface area contributed by atoms with Gasteiger partial charge in [0.05, 0.1) is 0 Å². The number of hydrogen-bond acceptors (Lipinski definition) is 2. The van der Waals surface area contributed by atoms with Gasteiger partial charge in [-0.3, -0.25) is 0 Å². The van der Waals surface area contributed by atoms with Crippen LogP contribution in [0.5, 0.6) is 0 Å². The number of nitrogens with zero attached hydrogens (tertiary/aromatic N) is 1. The van der Waals surface area contributed by atoms with Crippen molar-refractivity contribution in [3.63, 3.8) is 0 Å². The molecule has 2 unspecified atom stereocenters. The maximum atomic E-state index is 3.55. The van der Waals surface area contributed by atoms with Crippen molar-refractivity contribution >= 4 is 0 Å². The van der Waals surface area contributed by atoms with Crippen LogP contribution in [-0.2, 0) is 0 Å². The van der Waals surface area contributed by atoms with Crippen molar-refractivity contribution in [2.24, 2.45) is 5.92 Å². The summed E-state index contributed by atoms with van der Waals surface area (Å²) < 4.78 is 0. The Balaban J connectivity index is 1.75. The Morgan fingerprint density at radius 1 is 1.25 bits per heavy atom. The van der Waals surface area contributed by atoms with Gasteiger partial charge in [0.1, 0.15) is 0 Å². The third kappa shape index (κ3) is 3.74. The molecule has 0 amide bonds. The van der Waals surface area contributed by atoms with Crippen LogP contribution < -0.4 is 5.32 Å². The third-order valence-electron chi connectivity index (χ3n) is 4.09.